The van der Waals surface area contributed by atoms with E-state index in [1.165, 1.54) is 0 Å². The minimum absolute atomic E-state index is 0. The Labute approximate surface area is 223 Å². The van der Waals surface area contributed by atoms with E-state index in [0.717, 1.165) is 38.5 Å². The quantitative estimate of drug-likeness (QED) is 0.205. The first-order chi connectivity index (χ1) is 14.9. The predicted octanol–water partition coefficient (Wildman–Crippen LogP) is 6.28. The summed E-state index contributed by atoms with van der Waals surface area (Å²) in [4.78, 5) is 34.6. The molecule has 204 valence electrons. The summed E-state index contributed by atoms with van der Waals surface area (Å²) in [6.45, 7) is 22.2. The first-order valence-electron chi connectivity index (χ1n) is 12.8. The predicted molar refractivity (Wildman–Crippen MR) is 147 cm³/mol. The molecule has 0 heterocycles. The molecule has 0 aliphatic heterocycles. The molecule has 0 bridgehead atoms. The van der Waals surface area contributed by atoms with Gasteiger partial charge >= 0.3 is 17.4 Å². The summed E-state index contributed by atoms with van der Waals surface area (Å²) >= 11 is 0. The van der Waals surface area contributed by atoms with Crippen molar-refractivity contribution in [3.05, 3.63) is 0 Å². The van der Waals surface area contributed by atoms with Gasteiger partial charge in [0, 0.05) is 22.1 Å². The van der Waals surface area contributed by atoms with Crippen LogP contribution in [0.25, 0.3) is 0 Å². The van der Waals surface area contributed by atoms with Gasteiger partial charge in [-0.15, -0.1) is 0 Å². The molecule has 0 aromatic heterocycles. The molecule has 0 radical (unpaired) electrons. The second kappa shape index (κ2) is 20.1. The summed E-state index contributed by atoms with van der Waals surface area (Å²) in [5.41, 5.74) is -0.931. The van der Waals surface area contributed by atoms with Gasteiger partial charge in [0.15, 0.2) is 0 Å². The van der Waals surface area contributed by atoms with Crippen molar-refractivity contribution in [3.63, 3.8) is 0 Å². The van der Waals surface area contributed by atoms with Crippen molar-refractivity contribution in [1.82, 2.24) is 0 Å². The van der Waals surface area contributed by atoms with Crippen LogP contribution in [-0.2, 0) is 13.7 Å². The molecule has 0 aromatic carbocycles. The molecular formula is C24H54AlO6P3. The van der Waals surface area contributed by atoms with Crippen LogP contribution in [0.4, 0.5) is 0 Å². The van der Waals surface area contributed by atoms with Crippen LogP contribution in [0, 0.1) is 0 Å². The molecule has 0 aliphatic carbocycles. The second-order valence-electron chi connectivity index (χ2n) is 9.48. The first kappa shape index (κ1) is 42.2. The Hall–Kier alpha value is 1.10. The van der Waals surface area contributed by atoms with E-state index in [0.29, 0.717) is 0 Å². The Bertz CT molecular complexity index is 519. The van der Waals surface area contributed by atoms with Crippen molar-refractivity contribution in [3.8, 4) is 0 Å². The average Bonchev–Trinajstić information content (AvgIpc) is 2.80. The van der Waals surface area contributed by atoms with Crippen LogP contribution in [0.1, 0.15) is 122 Å². The van der Waals surface area contributed by atoms with Gasteiger partial charge in [0.1, 0.15) is 0 Å². The van der Waals surface area contributed by atoms with Crippen molar-refractivity contribution in [2.45, 2.75) is 156 Å². The van der Waals surface area contributed by atoms with Crippen LogP contribution < -0.4 is 14.7 Å². The normalized spacial score (nSPS) is 21.6. The van der Waals surface area contributed by atoms with Crippen LogP contribution in [0.2, 0.25) is 0 Å². The molecule has 0 saturated heterocycles. The van der Waals surface area contributed by atoms with E-state index in [2.05, 4.69) is 0 Å². The number of hydrogen-bond donors (Lipinski definition) is 0. The second-order valence-corrected chi connectivity index (χ2v) is 18.6. The van der Waals surface area contributed by atoms with E-state index in [-0.39, 0.29) is 51.3 Å². The molecule has 0 saturated carbocycles. The molecule has 6 unspecified atom stereocenters. The zero-order valence-corrected chi connectivity index (χ0v) is 27.9. The van der Waals surface area contributed by atoms with Gasteiger partial charge in [-0.2, -0.15) is 0 Å². The van der Waals surface area contributed by atoms with E-state index in [4.69, 9.17) is 0 Å². The number of rotatable bonds is 12. The minimum atomic E-state index is -3.12. The van der Waals surface area contributed by atoms with Gasteiger partial charge in [-0.25, -0.2) is 0 Å². The third-order valence-electron chi connectivity index (χ3n) is 7.23. The van der Waals surface area contributed by atoms with Crippen molar-refractivity contribution in [2.24, 2.45) is 0 Å². The SMILES string of the molecule is CCC(C)P(=O)([O-])C(C)CC.CCC(C)P(=O)([O-])C(C)CC.CCC(C)P(=O)([O-])C(C)CC.[Al+3]. The van der Waals surface area contributed by atoms with Gasteiger partial charge in [-0.05, 0) is 72.5 Å². The average molecular weight is 559 g/mol. The summed E-state index contributed by atoms with van der Waals surface area (Å²) < 4.78 is 34.6. The van der Waals surface area contributed by atoms with E-state index in [9.17, 15) is 28.4 Å². The van der Waals surface area contributed by atoms with E-state index < -0.39 is 22.1 Å². The molecule has 10 heteroatoms. The largest absolute Gasteiger partial charge is 3.00 e. The first-order valence-corrected chi connectivity index (χ1v) is 18.1. The topological polar surface area (TPSA) is 120 Å². The summed E-state index contributed by atoms with van der Waals surface area (Å²) in [5.74, 6) is 0. The Balaban J connectivity index is -0.000000196. The fourth-order valence-corrected chi connectivity index (χ4v) is 8.49. The Morgan fingerprint density at radius 1 is 0.412 bits per heavy atom. The number of hydrogen-bond acceptors (Lipinski definition) is 6. The van der Waals surface area contributed by atoms with E-state index in [1.54, 1.807) is 41.5 Å². The standard InChI is InChI=1S/3C8H19O2P.Al/c3*1-5-7(3)11(9,10)8(4)6-2;/h3*7-8H,5-6H2,1-4H3,(H,9,10);/q;;;+3/p-3. The molecule has 0 aliphatic rings. The van der Waals surface area contributed by atoms with Gasteiger partial charge in [0.05, 0.1) is 0 Å². The maximum atomic E-state index is 11.5. The minimum Gasteiger partial charge on any atom is -0.799 e. The molecule has 0 rings (SSSR count). The molecule has 0 aromatic rings. The van der Waals surface area contributed by atoms with Gasteiger partial charge in [0.25, 0.3) is 0 Å². The fourth-order valence-electron chi connectivity index (χ4n) is 2.83. The van der Waals surface area contributed by atoms with Crippen molar-refractivity contribution in [2.75, 3.05) is 0 Å². The molecule has 0 spiro atoms. The monoisotopic (exact) mass is 558 g/mol. The molecule has 6 atom stereocenters. The molecule has 0 amide bonds. The molecular weight excluding hydrogens is 504 g/mol. The third-order valence-corrected chi connectivity index (χ3v) is 16.8. The van der Waals surface area contributed by atoms with E-state index >= 15 is 0 Å². The van der Waals surface area contributed by atoms with Crippen molar-refractivity contribution in [1.29, 1.82) is 0 Å². The van der Waals surface area contributed by atoms with Crippen LogP contribution >= 0.6 is 22.1 Å². The summed E-state index contributed by atoms with van der Waals surface area (Å²) in [5, 5.41) is 0. The van der Waals surface area contributed by atoms with Gasteiger partial charge in [0.2, 0.25) is 0 Å². The smallest absolute Gasteiger partial charge is 0.799 e. The zero-order chi connectivity index (χ0) is 27.2. The Morgan fingerprint density at radius 2 is 0.500 bits per heavy atom. The summed E-state index contributed by atoms with van der Waals surface area (Å²) in [7, 11) is -9.37. The summed E-state index contributed by atoms with van der Waals surface area (Å²) in [6.07, 6.45) is 4.36. The molecule has 34 heavy (non-hydrogen) atoms. The maximum Gasteiger partial charge on any atom is 3.00 e. The van der Waals surface area contributed by atoms with Crippen molar-refractivity contribution < 1.29 is 28.4 Å². The third kappa shape index (κ3) is 14.1. The van der Waals surface area contributed by atoms with Gasteiger partial charge in [-0.3, -0.25) is 0 Å². The van der Waals surface area contributed by atoms with E-state index in [1.807, 2.05) is 41.5 Å². The fraction of sp³-hybridized carbons (Fsp3) is 1.00. The van der Waals surface area contributed by atoms with Crippen LogP contribution in [0.5, 0.6) is 0 Å². The van der Waals surface area contributed by atoms with Crippen LogP contribution in [0.3, 0.4) is 0 Å². The van der Waals surface area contributed by atoms with Gasteiger partial charge in [-0.1, -0.05) is 83.1 Å². The molecule has 0 N–H and O–H groups in total. The summed E-state index contributed by atoms with van der Waals surface area (Å²) in [6, 6.07) is 0. The molecule has 0 fully saturated rings. The van der Waals surface area contributed by atoms with Gasteiger partial charge < -0.3 is 28.4 Å². The Morgan fingerprint density at radius 3 is 0.559 bits per heavy atom. The maximum absolute atomic E-state index is 11.5. The zero-order valence-electron chi connectivity index (χ0n) is 24.1. The Kier molecular flexibility index (Phi) is 25.0. The van der Waals surface area contributed by atoms with Crippen molar-refractivity contribution >= 4 is 39.5 Å². The van der Waals surface area contributed by atoms with Crippen LogP contribution in [0.15, 0.2) is 0 Å². The van der Waals surface area contributed by atoms with Crippen LogP contribution in [-0.4, -0.2) is 51.3 Å². The molecule has 6 nitrogen and oxygen atoms in total.